The molecule has 192 valence electrons. The summed E-state index contributed by atoms with van der Waals surface area (Å²) in [6.07, 6.45) is 1.67. The predicted molar refractivity (Wildman–Crippen MR) is 153 cm³/mol. The van der Waals surface area contributed by atoms with E-state index in [-0.39, 0.29) is 11.5 Å². The summed E-state index contributed by atoms with van der Waals surface area (Å²) < 4.78 is 4.17. The van der Waals surface area contributed by atoms with Gasteiger partial charge in [-0.05, 0) is 76.1 Å². The molecule has 0 N–H and O–H groups in total. The van der Waals surface area contributed by atoms with Gasteiger partial charge in [0.25, 0.3) is 11.5 Å². The molecule has 5 rings (SSSR count). The minimum atomic E-state index is -0.0738. The number of carbonyl (C=O) groups is 1. The van der Waals surface area contributed by atoms with Gasteiger partial charge in [-0.1, -0.05) is 35.9 Å². The van der Waals surface area contributed by atoms with Crippen molar-refractivity contribution < 1.29 is 4.79 Å². The summed E-state index contributed by atoms with van der Waals surface area (Å²) in [4.78, 5) is 31.9. The molecule has 4 aromatic rings. The van der Waals surface area contributed by atoms with Crippen LogP contribution in [0.15, 0.2) is 75.3 Å². The van der Waals surface area contributed by atoms with E-state index in [9.17, 15) is 9.59 Å². The highest BCUT2D eigenvalue weighted by Gasteiger charge is 2.26. The lowest BCUT2D eigenvalue weighted by Crippen LogP contribution is -2.48. The molecular weight excluding hydrogens is 572 g/mol. The van der Waals surface area contributed by atoms with Crippen molar-refractivity contribution in [1.29, 1.82) is 0 Å². The largest absolute Gasteiger partial charge is 0.336 e. The van der Waals surface area contributed by atoms with Gasteiger partial charge in [0, 0.05) is 55.2 Å². The van der Waals surface area contributed by atoms with Crippen LogP contribution < -0.4 is 5.56 Å². The van der Waals surface area contributed by atoms with E-state index in [2.05, 4.69) is 38.3 Å². The molecule has 0 aliphatic carbocycles. The van der Waals surface area contributed by atoms with Crippen molar-refractivity contribution in [3.63, 3.8) is 0 Å². The van der Waals surface area contributed by atoms with Crippen LogP contribution >= 0.6 is 38.9 Å². The number of aryl methyl sites for hydroxylation is 2. The Bertz CT molecular complexity index is 1440. The summed E-state index contributed by atoms with van der Waals surface area (Å²) in [7, 11) is 1.91. The number of benzene rings is 2. The lowest BCUT2D eigenvalue weighted by molar-refractivity contribution is 0.0624. The Morgan fingerprint density at radius 2 is 1.76 bits per heavy atom. The van der Waals surface area contributed by atoms with E-state index in [1.807, 2.05) is 59.1 Å². The molecule has 9 heteroatoms. The molecule has 0 atom stereocenters. The standard InChI is InChI=1S/C28H28BrClN4O2S/c1-31-25(26(29)28(36)34(31)22-6-3-2-4-7-22)19-32-13-15-33(16-14-32)27(35)24-12-10-21(30)18-20(24)9-11-23-8-5-17-37-23/h2-8,10,12,17-18H,9,11,13-16,19H2,1H3. The molecule has 1 amide bonds. The van der Waals surface area contributed by atoms with E-state index in [1.165, 1.54) is 4.88 Å². The summed E-state index contributed by atoms with van der Waals surface area (Å²) >= 11 is 11.5. The third-order valence-electron chi connectivity index (χ3n) is 6.88. The number of rotatable bonds is 7. The zero-order valence-electron chi connectivity index (χ0n) is 20.6. The van der Waals surface area contributed by atoms with E-state index in [1.54, 1.807) is 22.1 Å². The highest BCUT2D eigenvalue weighted by atomic mass is 79.9. The molecule has 2 aromatic heterocycles. The van der Waals surface area contributed by atoms with Gasteiger partial charge < -0.3 is 4.90 Å². The van der Waals surface area contributed by atoms with E-state index < -0.39 is 0 Å². The molecule has 0 radical (unpaired) electrons. The van der Waals surface area contributed by atoms with Gasteiger partial charge in [-0.15, -0.1) is 11.3 Å². The van der Waals surface area contributed by atoms with E-state index in [0.29, 0.717) is 29.1 Å². The van der Waals surface area contributed by atoms with Gasteiger partial charge in [0.15, 0.2) is 0 Å². The molecule has 3 heterocycles. The summed E-state index contributed by atoms with van der Waals surface area (Å²) in [5.74, 6) is 0.0568. The second-order valence-corrected chi connectivity index (χ2v) is 11.4. The quantitative estimate of drug-likeness (QED) is 0.286. The van der Waals surface area contributed by atoms with Crippen LogP contribution in [0, 0.1) is 0 Å². The maximum absolute atomic E-state index is 13.5. The van der Waals surface area contributed by atoms with Gasteiger partial charge >= 0.3 is 0 Å². The Morgan fingerprint density at radius 1 is 1.00 bits per heavy atom. The Balaban J connectivity index is 1.26. The normalized spacial score (nSPS) is 14.3. The number of hydrogen-bond acceptors (Lipinski definition) is 4. The first-order valence-corrected chi connectivity index (χ1v) is 14.3. The minimum absolute atomic E-state index is 0.0568. The molecule has 1 fully saturated rings. The summed E-state index contributed by atoms with van der Waals surface area (Å²) in [6, 6.07) is 19.4. The Labute approximate surface area is 233 Å². The number of para-hydroxylation sites is 1. The van der Waals surface area contributed by atoms with Crippen LogP contribution in [0.4, 0.5) is 0 Å². The number of amides is 1. The van der Waals surface area contributed by atoms with Crippen molar-refractivity contribution in [2.75, 3.05) is 26.2 Å². The molecule has 0 spiro atoms. The first kappa shape index (κ1) is 26.0. The number of carbonyl (C=O) groups excluding carboxylic acids is 1. The van der Waals surface area contributed by atoms with Crippen molar-refractivity contribution in [2.24, 2.45) is 7.05 Å². The van der Waals surface area contributed by atoms with Crippen molar-refractivity contribution >= 4 is 44.8 Å². The maximum Gasteiger partial charge on any atom is 0.286 e. The Hall–Kier alpha value is -2.65. The average Bonchev–Trinajstić information content (AvgIpc) is 3.51. The Morgan fingerprint density at radius 3 is 2.46 bits per heavy atom. The van der Waals surface area contributed by atoms with Gasteiger partial charge in [-0.2, -0.15) is 0 Å². The van der Waals surface area contributed by atoms with E-state index in [0.717, 1.165) is 48.4 Å². The molecule has 2 aromatic carbocycles. The van der Waals surface area contributed by atoms with Gasteiger partial charge in [-0.25, -0.2) is 4.68 Å². The summed E-state index contributed by atoms with van der Waals surface area (Å²) in [5, 5.41) is 2.73. The number of thiophene rings is 1. The van der Waals surface area contributed by atoms with Crippen LogP contribution in [0.1, 0.15) is 26.5 Å². The fraction of sp³-hybridized carbons (Fsp3) is 0.286. The second-order valence-electron chi connectivity index (χ2n) is 9.19. The molecule has 1 aliphatic rings. The van der Waals surface area contributed by atoms with Crippen LogP contribution in [0.2, 0.25) is 5.02 Å². The van der Waals surface area contributed by atoms with Crippen molar-refractivity contribution in [3.05, 3.63) is 108 Å². The summed E-state index contributed by atoms with van der Waals surface area (Å²) in [5.41, 5.74) is 3.40. The van der Waals surface area contributed by atoms with Crippen molar-refractivity contribution in [1.82, 2.24) is 19.2 Å². The number of nitrogens with zero attached hydrogens (tertiary/aromatic N) is 4. The third kappa shape index (κ3) is 5.62. The lowest BCUT2D eigenvalue weighted by Gasteiger charge is -2.35. The van der Waals surface area contributed by atoms with Crippen LogP contribution in [0.3, 0.4) is 0 Å². The van der Waals surface area contributed by atoms with Crippen molar-refractivity contribution in [2.45, 2.75) is 19.4 Å². The fourth-order valence-electron chi connectivity index (χ4n) is 4.83. The second kappa shape index (κ2) is 11.4. The zero-order chi connectivity index (χ0) is 25.9. The first-order chi connectivity index (χ1) is 17.9. The van der Waals surface area contributed by atoms with Crippen LogP contribution in [-0.2, 0) is 26.4 Å². The molecule has 1 aliphatic heterocycles. The number of hydrogen-bond donors (Lipinski definition) is 0. The monoisotopic (exact) mass is 598 g/mol. The van der Waals surface area contributed by atoms with Crippen molar-refractivity contribution in [3.8, 4) is 5.69 Å². The van der Waals surface area contributed by atoms with Gasteiger partial charge in [0.05, 0.1) is 11.4 Å². The third-order valence-corrected chi connectivity index (χ3v) is 8.84. The smallest absolute Gasteiger partial charge is 0.286 e. The van der Waals surface area contributed by atoms with Crippen LogP contribution in [-0.4, -0.2) is 51.2 Å². The van der Waals surface area contributed by atoms with Crippen LogP contribution in [0.5, 0.6) is 0 Å². The van der Waals surface area contributed by atoms with Gasteiger partial charge in [-0.3, -0.25) is 19.2 Å². The minimum Gasteiger partial charge on any atom is -0.336 e. The number of piperazine rings is 1. The predicted octanol–water partition coefficient (Wildman–Crippen LogP) is 5.40. The fourth-order valence-corrected chi connectivity index (χ4v) is 6.28. The first-order valence-electron chi connectivity index (χ1n) is 12.3. The maximum atomic E-state index is 13.5. The Kier molecular flexibility index (Phi) is 8.00. The highest BCUT2D eigenvalue weighted by molar-refractivity contribution is 9.10. The van der Waals surface area contributed by atoms with Crippen LogP contribution in [0.25, 0.3) is 5.69 Å². The number of aromatic nitrogens is 2. The van der Waals surface area contributed by atoms with Gasteiger partial charge in [0.2, 0.25) is 0 Å². The molecule has 0 unspecified atom stereocenters. The number of halogens is 2. The topological polar surface area (TPSA) is 50.5 Å². The molecule has 0 saturated carbocycles. The van der Waals surface area contributed by atoms with E-state index >= 15 is 0 Å². The summed E-state index contributed by atoms with van der Waals surface area (Å²) in [6.45, 7) is 3.37. The lowest BCUT2D eigenvalue weighted by atomic mass is 10.0. The molecule has 1 saturated heterocycles. The zero-order valence-corrected chi connectivity index (χ0v) is 23.7. The molecule has 6 nitrogen and oxygen atoms in total. The van der Waals surface area contributed by atoms with E-state index in [4.69, 9.17) is 11.6 Å². The average molecular weight is 600 g/mol. The molecular formula is C28H28BrClN4O2S. The molecule has 37 heavy (non-hydrogen) atoms. The molecule has 0 bridgehead atoms. The van der Waals surface area contributed by atoms with Gasteiger partial charge in [0.1, 0.15) is 4.47 Å². The highest BCUT2D eigenvalue weighted by Crippen LogP contribution is 2.23. The SMILES string of the molecule is Cn1c(CN2CCN(C(=O)c3ccc(Cl)cc3CCc3cccs3)CC2)c(Br)c(=O)n1-c1ccccc1.